The summed E-state index contributed by atoms with van der Waals surface area (Å²) in [4.78, 5) is 12.6. The van der Waals surface area contributed by atoms with E-state index in [4.69, 9.17) is 32.7 Å². The highest BCUT2D eigenvalue weighted by molar-refractivity contribution is 9.10. The van der Waals surface area contributed by atoms with Gasteiger partial charge >= 0.3 is 0 Å². The molecule has 0 bridgehead atoms. The van der Waals surface area contributed by atoms with Gasteiger partial charge in [-0.2, -0.15) is 5.10 Å². The van der Waals surface area contributed by atoms with Crippen LogP contribution in [-0.4, -0.2) is 39.7 Å². The summed E-state index contributed by atoms with van der Waals surface area (Å²) in [5.41, 5.74) is 5.94. The number of nitrogens with one attached hydrogen (secondary N) is 1. The third kappa shape index (κ3) is 7.97. The summed E-state index contributed by atoms with van der Waals surface area (Å²) >= 11 is 16.9. The minimum atomic E-state index is -0.290. The summed E-state index contributed by atoms with van der Waals surface area (Å²) in [6, 6.07) is 28.3. The van der Waals surface area contributed by atoms with E-state index in [1.54, 1.807) is 31.4 Å². The molecule has 0 atom stereocenters. The van der Waals surface area contributed by atoms with Crippen LogP contribution in [0.5, 0.6) is 11.5 Å². The Balaban J connectivity index is 1.21. The van der Waals surface area contributed by atoms with E-state index in [9.17, 15) is 4.79 Å². The van der Waals surface area contributed by atoms with Crippen molar-refractivity contribution in [3.8, 4) is 28.6 Å². The molecule has 43 heavy (non-hydrogen) atoms. The van der Waals surface area contributed by atoms with Crippen LogP contribution in [0.15, 0.2) is 106 Å². The van der Waals surface area contributed by atoms with E-state index in [2.05, 4.69) is 36.7 Å². The number of methoxy groups -OCH3 is 1. The van der Waals surface area contributed by atoms with Crippen LogP contribution in [0.3, 0.4) is 0 Å². The van der Waals surface area contributed by atoms with Gasteiger partial charge in [0.25, 0.3) is 5.91 Å². The molecule has 0 unspecified atom stereocenters. The van der Waals surface area contributed by atoms with Crippen LogP contribution in [0.2, 0.25) is 10.0 Å². The van der Waals surface area contributed by atoms with Crippen LogP contribution in [0.4, 0.5) is 0 Å². The van der Waals surface area contributed by atoms with Crippen molar-refractivity contribution < 1.29 is 14.3 Å². The lowest BCUT2D eigenvalue weighted by atomic mass is 10.2. The van der Waals surface area contributed by atoms with Gasteiger partial charge in [-0.3, -0.25) is 9.36 Å². The van der Waals surface area contributed by atoms with Crippen molar-refractivity contribution >= 4 is 63.0 Å². The molecule has 1 N–H and O–H groups in total. The molecule has 218 valence electrons. The van der Waals surface area contributed by atoms with Gasteiger partial charge in [0.05, 0.1) is 29.1 Å². The molecule has 5 aromatic rings. The number of nitrogens with zero attached hydrogens (tertiary/aromatic N) is 4. The lowest BCUT2D eigenvalue weighted by Gasteiger charge is -2.12. The second-order valence-electron chi connectivity index (χ2n) is 9.02. The van der Waals surface area contributed by atoms with Gasteiger partial charge in [0.1, 0.15) is 6.61 Å². The van der Waals surface area contributed by atoms with E-state index in [0.29, 0.717) is 38.1 Å². The molecule has 12 heteroatoms. The summed E-state index contributed by atoms with van der Waals surface area (Å²) in [6.07, 6.45) is 1.53. The van der Waals surface area contributed by atoms with E-state index in [1.165, 1.54) is 18.0 Å². The molecule has 0 radical (unpaired) electrons. The Morgan fingerprint density at radius 1 is 0.977 bits per heavy atom. The van der Waals surface area contributed by atoms with Gasteiger partial charge in [0.15, 0.2) is 22.5 Å². The zero-order valence-corrected chi connectivity index (χ0v) is 26.6. The smallest absolute Gasteiger partial charge is 0.250 e. The Labute approximate surface area is 271 Å². The maximum absolute atomic E-state index is 12.6. The second-order valence-corrected chi connectivity index (χ2v) is 11.7. The topological polar surface area (TPSA) is 90.6 Å². The molecular formula is C31H24BrCl2N5O3S. The van der Waals surface area contributed by atoms with Gasteiger partial charge in [-0.15, -0.1) is 10.2 Å². The van der Waals surface area contributed by atoms with Crippen molar-refractivity contribution in [2.24, 2.45) is 5.10 Å². The van der Waals surface area contributed by atoms with E-state index in [-0.39, 0.29) is 18.3 Å². The number of hydrazone groups is 1. The molecule has 1 heterocycles. The summed E-state index contributed by atoms with van der Waals surface area (Å²) in [5.74, 6) is 1.54. The largest absolute Gasteiger partial charge is 0.493 e. The number of halogens is 3. The molecule has 0 saturated carbocycles. The Morgan fingerprint density at radius 3 is 2.58 bits per heavy atom. The highest BCUT2D eigenvalue weighted by Gasteiger charge is 2.17. The minimum Gasteiger partial charge on any atom is -0.493 e. The van der Waals surface area contributed by atoms with Crippen molar-refractivity contribution in [2.45, 2.75) is 11.8 Å². The van der Waals surface area contributed by atoms with Crippen LogP contribution < -0.4 is 14.9 Å². The quantitative estimate of drug-likeness (QED) is 0.0860. The third-order valence-electron chi connectivity index (χ3n) is 6.03. The van der Waals surface area contributed by atoms with E-state index in [0.717, 1.165) is 21.3 Å². The zero-order chi connectivity index (χ0) is 30.2. The van der Waals surface area contributed by atoms with Crippen LogP contribution >= 0.6 is 50.9 Å². The van der Waals surface area contributed by atoms with Gasteiger partial charge in [-0.25, -0.2) is 5.43 Å². The molecule has 8 nitrogen and oxygen atoms in total. The highest BCUT2D eigenvalue weighted by atomic mass is 79.9. The standard InChI is InChI=1S/C31H24BrCl2N5O3S/c1-41-28-15-20(11-13-27(28)42-18-21-10-12-25(33)26(34)14-21)17-35-36-29(40)19-43-31-38-37-30(22-6-5-7-23(32)16-22)39(31)24-8-3-2-4-9-24/h2-17H,18-19H2,1H3,(H,36,40). The van der Waals surface area contributed by atoms with Gasteiger partial charge in [0, 0.05) is 15.7 Å². The molecule has 0 spiro atoms. The lowest BCUT2D eigenvalue weighted by Crippen LogP contribution is -2.20. The van der Waals surface area contributed by atoms with Gasteiger partial charge in [-0.05, 0) is 65.7 Å². The highest BCUT2D eigenvalue weighted by Crippen LogP contribution is 2.31. The number of aromatic nitrogens is 3. The van der Waals surface area contributed by atoms with Gasteiger partial charge in [0.2, 0.25) is 0 Å². The number of rotatable bonds is 11. The van der Waals surface area contributed by atoms with Crippen LogP contribution in [-0.2, 0) is 11.4 Å². The van der Waals surface area contributed by atoms with Crippen molar-refractivity contribution in [3.05, 3.63) is 117 Å². The molecule has 5 rings (SSSR count). The Morgan fingerprint density at radius 2 is 1.81 bits per heavy atom. The van der Waals surface area contributed by atoms with E-state index >= 15 is 0 Å². The molecule has 0 fully saturated rings. The first-order valence-corrected chi connectivity index (χ1v) is 15.4. The summed E-state index contributed by atoms with van der Waals surface area (Å²) in [5, 5.41) is 14.4. The van der Waals surface area contributed by atoms with Crippen molar-refractivity contribution in [3.63, 3.8) is 0 Å². The SMILES string of the molecule is COc1cc(C=NNC(=O)CSc2nnc(-c3cccc(Br)c3)n2-c2ccccc2)ccc1OCc1ccc(Cl)c(Cl)c1. The Bertz CT molecular complexity index is 1770. The number of carbonyl (C=O) groups excluding carboxylic acids is 1. The maximum atomic E-state index is 12.6. The molecular weight excluding hydrogens is 673 g/mol. The fourth-order valence-corrected chi connectivity index (χ4v) is 5.47. The number of thioether (sulfide) groups is 1. The summed E-state index contributed by atoms with van der Waals surface area (Å²) in [7, 11) is 1.55. The molecule has 0 aliphatic rings. The van der Waals surface area contributed by atoms with Crippen molar-refractivity contribution in [1.82, 2.24) is 20.2 Å². The number of hydrogen-bond donors (Lipinski definition) is 1. The van der Waals surface area contributed by atoms with Gasteiger partial charge < -0.3 is 9.47 Å². The first-order chi connectivity index (χ1) is 20.9. The first-order valence-electron chi connectivity index (χ1n) is 12.9. The van der Waals surface area contributed by atoms with Crippen LogP contribution in [0.1, 0.15) is 11.1 Å². The average Bonchev–Trinajstić information content (AvgIpc) is 3.45. The van der Waals surface area contributed by atoms with Gasteiger partial charge in [-0.1, -0.05) is 87.3 Å². The Kier molecular flexibility index (Phi) is 10.4. The molecule has 0 aliphatic heterocycles. The number of hydrogen-bond acceptors (Lipinski definition) is 7. The van der Waals surface area contributed by atoms with Crippen LogP contribution in [0, 0.1) is 0 Å². The average molecular weight is 697 g/mol. The monoisotopic (exact) mass is 695 g/mol. The van der Waals surface area contributed by atoms with Crippen molar-refractivity contribution in [2.75, 3.05) is 12.9 Å². The number of carbonyl (C=O) groups is 1. The fourth-order valence-electron chi connectivity index (χ4n) is 4.00. The maximum Gasteiger partial charge on any atom is 0.250 e. The first kappa shape index (κ1) is 30.6. The predicted octanol–water partition coefficient (Wildman–Crippen LogP) is 7.83. The molecule has 0 aliphatic carbocycles. The zero-order valence-electron chi connectivity index (χ0n) is 22.7. The number of amides is 1. The number of para-hydroxylation sites is 1. The summed E-state index contributed by atoms with van der Waals surface area (Å²) in [6.45, 7) is 0.289. The fraction of sp³-hybridized carbons (Fsp3) is 0.0968. The van der Waals surface area contributed by atoms with E-state index in [1.807, 2.05) is 71.3 Å². The lowest BCUT2D eigenvalue weighted by molar-refractivity contribution is -0.118. The minimum absolute atomic E-state index is 0.0889. The van der Waals surface area contributed by atoms with Crippen molar-refractivity contribution in [1.29, 1.82) is 0 Å². The normalized spacial score (nSPS) is 11.1. The van der Waals surface area contributed by atoms with Crippen LogP contribution in [0.25, 0.3) is 17.1 Å². The number of ether oxygens (including phenoxy) is 2. The van der Waals surface area contributed by atoms with E-state index < -0.39 is 0 Å². The predicted molar refractivity (Wildman–Crippen MR) is 175 cm³/mol. The number of benzene rings is 4. The second kappa shape index (κ2) is 14.6. The molecule has 1 amide bonds. The molecule has 4 aromatic carbocycles. The third-order valence-corrected chi connectivity index (χ3v) is 8.19. The Hall–Kier alpha value is -3.83. The molecule has 0 saturated heterocycles. The molecule has 1 aromatic heterocycles. The summed E-state index contributed by atoms with van der Waals surface area (Å²) < 4.78 is 14.2.